The van der Waals surface area contributed by atoms with Gasteiger partial charge in [-0.15, -0.1) is 0 Å². The number of rotatable bonds is 2. The molecule has 0 saturated heterocycles. The Balaban J connectivity index is -0.000000403. The molecule has 12 heavy (non-hydrogen) atoms. The van der Waals surface area contributed by atoms with E-state index in [4.69, 9.17) is 5.11 Å². The first-order valence-electron chi connectivity index (χ1n) is 3.25. The molecule has 0 atom stereocenters. The number of carboxylic acids is 1. The number of carbonyl (C=O) groups is 1. The summed E-state index contributed by atoms with van der Waals surface area (Å²) in [7, 11) is 0. The Morgan fingerprint density at radius 1 is 1.33 bits per heavy atom. The Kier molecular flexibility index (Phi) is 5.41. The smallest absolute Gasteiger partial charge is 1.00 e. The molecule has 1 rings (SSSR count). The van der Waals surface area contributed by atoms with Crippen LogP contribution in [0.25, 0.3) is 6.08 Å². The van der Waals surface area contributed by atoms with Gasteiger partial charge in [0.25, 0.3) is 0 Å². The fraction of sp³-hybridized carbons (Fsp3) is 0. The Hall–Kier alpha value is -0.804. The molecule has 0 aromatic heterocycles. The Labute approximate surface area is 90.0 Å². The number of hydrogen-bond acceptors (Lipinski definition) is 1. The minimum absolute atomic E-state index is 0. The van der Waals surface area contributed by atoms with Crippen LogP contribution in [0.5, 0.6) is 0 Å². The van der Waals surface area contributed by atoms with Crippen molar-refractivity contribution in [1.82, 2.24) is 0 Å². The Bertz CT molecular complexity index is 275. The molecule has 0 radical (unpaired) electrons. The third-order valence-electron chi connectivity index (χ3n) is 1.22. The second-order valence-electron chi connectivity index (χ2n) is 2.08. The van der Waals surface area contributed by atoms with Gasteiger partial charge in [0.05, 0.1) is 0 Å². The van der Waals surface area contributed by atoms with Crippen LogP contribution in [0, 0.1) is 0 Å². The Morgan fingerprint density at radius 3 is 2.42 bits per heavy atom. The fourth-order valence-electron chi connectivity index (χ4n) is 0.732. The van der Waals surface area contributed by atoms with Gasteiger partial charge in [0.15, 0.2) is 0 Å². The molecule has 60 valence electrons. The zero-order valence-corrected chi connectivity index (χ0v) is 8.02. The molecular weight excluding hydrogens is 164 g/mol. The van der Waals surface area contributed by atoms with Crippen LogP contribution in [0.4, 0.5) is 0 Å². The van der Waals surface area contributed by atoms with Crippen molar-refractivity contribution in [2.24, 2.45) is 0 Å². The van der Waals surface area contributed by atoms with Gasteiger partial charge in [-0.05, 0) is 11.6 Å². The third-order valence-corrected chi connectivity index (χ3v) is 1.22. The van der Waals surface area contributed by atoms with E-state index in [0.29, 0.717) is 0 Å². The maximum absolute atomic E-state index is 10.1. The minimum atomic E-state index is -0.922. The molecule has 3 heteroatoms. The number of benzene rings is 1. The first kappa shape index (κ1) is 11.2. The first-order chi connectivity index (χ1) is 5.29. The normalized spacial score (nSPS) is 9.33. The molecule has 0 bridgehead atoms. The summed E-state index contributed by atoms with van der Waals surface area (Å²) in [5.41, 5.74) is 0.898. The van der Waals surface area contributed by atoms with Gasteiger partial charge in [0.1, 0.15) is 0 Å². The van der Waals surface area contributed by atoms with Crippen molar-refractivity contribution in [3.05, 3.63) is 42.0 Å². The van der Waals surface area contributed by atoms with Gasteiger partial charge in [0, 0.05) is 6.08 Å². The van der Waals surface area contributed by atoms with Crippen molar-refractivity contribution < 1.29 is 12.8 Å². The van der Waals surface area contributed by atoms with Crippen LogP contribution in [0.2, 0.25) is 0 Å². The maximum atomic E-state index is 10.1. The maximum Gasteiger partial charge on any atom is 2.00 e. The molecule has 0 unspecified atom stereocenters. The first-order valence-corrected chi connectivity index (χ1v) is 3.25. The predicted octanol–water partition coefficient (Wildman–Crippen LogP) is 1.63. The van der Waals surface area contributed by atoms with Gasteiger partial charge in [0.2, 0.25) is 0 Å². The van der Waals surface area contributed by atoms with Crippen molar-refractivity contribution in [3.8, 4) is 0 Å². The summed E-state index contributed by atoms with van der Waals surface area (Å²) in [4.78, 5) is 10.1. The van der Waals surface area contributed by atoms with Crippen LogP contribution in [-0.2, 0) is 4.79 Å². The standard InChI is InChI=1S/C9H8O2.Mg.2H/c10-9(11)7-6-8-4-2-1-3-5-8;;;/h1-7H,(H,10,11);;;/q;+2;2*-1/b7-6+;;;. The largest absolute Gasteiger partial charge is 2.00 e. The quantitative estimate of drug-likeness (QED) is 0.547. The van der Waals surface area contributed by atoms with Crippen molar-refractivity contribution in [3.63, 3.8) is 0 Å². The number of carboxylic acid groups (broad SMARTS) is 1. The summed E-state index contributed by atoms with van der Waals surface area (Å²) in [6.45, 7) is 0. The molecular formula is C9H10MgO2. The fourth-order valence-corrected chi connectivity index (χ4v) is 0.732. The average Bonchev–Trinajstić information content (AvgIpc) is 2.03. The van der Waals surface area contributed by atoms with Gasteiger partial charge < -0.3 is 7.96 Å². The molecule has 1 aromatic rings. The van der Waals surface area contributed by atoms with Crippen molar-refractivity contribution in [2.45, 2.75) is 0 Å². The second-order valence-corrected chi connectivity index (χ2v) is 2.08. The van der Waals surface area contributed by atoms with E-state index >= 15 is 0 Å². The van der Waals surface area contributed by atoms with Gasteiger partial charge in [-0.1, -0.05) is 30.3 Å². The molecule has 0 aliphatic rings. The zero-order valence-electron chi connectivity index (χ0n) is 8.60. The summed E-state index contributed by atoms with van der Waals surface area (Å²) < 4.78 is 0. The molecule has 0 spiro atoms. The van der Waals surface area contributed by atoms with Gasteiger partial charge in [-0.25, -0.2) is 4.79 Å². The van der Waals surface area contributed by atoms with E-state index in [9.17, 15) is 4.79 Å². The van der Waals surface area contributed by atoms with Crippen LogP contribution in [0.15, 0.2) is 36.4 Å². The molecule has 1 N–H and O–H groups in total. The molecule has 0 aliphatic heterocycles. The topological polar surface area (TPSA) is 37.3 Å². The van der Waals surface area contributed by atoms with E-state index in [1.165, 1.54) is 0 Å². The van der Waals surface area contributed by atoms with Gasteiger partial charge in [-0.2, -0.15) is 0 Å². The molecule has 0 amide bonds. The van der Waals surface area contributed by atoms with Crippen LogP contribution in [-0.4, -0.2) is 34.1 Å². The second kappa shape index (κ2) is 5.80. The molecule has 0 heterocycles. The molecule has 0 aliphatic carbocycles. The molecule has 1 aromatic carbocycles. The van der Waals surface area contributed by atoms with Gasteiger partial charge >= 0.3 is 29.0 Å². The average molecular weight is 174 g/mol. The van der Waals surface area contributed by atoms with E-state index in [1.807, 2.05) is 30.3 Å². The van der Waals surface area contributed by atoms with Crippen LogP contribution in [0.3, 0.4) is 0 Å². The molecule has 0 saturated carbocycles. The summed E-state index contributed by atoms with van der Waals surface area (Å²) in [5, 5.41) is 8.29. The summed E-state index contributed by atoms with van der Waals surface area (Å²) in [6.07, 6.45) is 2.68. The molecule has 0 fully saturated rings. The van der Waals surface area contributed by atoms with Crippen LogP contribution in [0.1, 0.15) is 8.42 Å². The van der Waals surface area contributed by atoms with E-state index in [2.05, 4.69) is 0 Å². The summed E-state index contributed by atoms with van der Waals surface area (Å²) in [6, 6.07) is 9.31. The van der Waals surface area contributed by atoms with E-state index in [-0.39, 0.29) is 25.9 Å². The van der Waals surface area contributed by atoms with Crippen molar-refractivity contribution in [2.75, 3.05) is 0 Å². The summed E-state index contributed by atoms with van der Waals surface area (Å²) in [5.74, 6) is -0.922. The third kappa shape index (κ3) is 4.15. The minimum Gasteiger partial charge on any atom is -1.00 e. The Morgan fingerprint density at radius 2 is 1.92 bits per heavy atom. The zero-order chi connectivity index (χ0) is 8.10. The van der Waals surface area contributed by atoms with E-state index in [0.717, 1.165) is 11.6 Å². The monoisotopic (exact) mass is 174 g/mol. The van der Waals surface area contributed by atoms with E-state index in [1.54, 1.807) is 6.08 Å². The summed E-state index contributed by atoms with van der Waals surface area (Å²) >= 11 is 0. The van der Waals surface area contributed by atoms with Crippen LogP contribution >= 0.6 is 0 Å². The number of hydrogen-bond donors (Lipinski definition) is 1. The van der Waals surface area contributed by atoms with Gasteiger partial charge in [-0.3, -0.25) is 0 Å². The van der Waals surface area contributed by atoms with Crippen molar-refractivity contribution >= 4 is 35.1 Å². The van der Waals surface area contributed by atoms with E-state index < -0.39 is 5.97 Å². The number of aliphatic carboxylic acids is 1. The SMILES string of the molecule is O=C(O)/C=C/c1ccccc1.[H-].[H-].[Mg+2]. The predicted molar refractivity (Wildman–Crippen MR) is 51.1 cm³/mol. The van der Waals surface area contributed by atoms with Crippen LogP contribution < -0.4 is 0 Å². The van der Waals surface area contributed by atoms with Crippen molar-refractivity contribution in [1.29, 1.82) is 0 Å². The molecule has 2 nitrogen and oxygen atoms in total.